The van der Waals surface area contributed by atoms with Crippen molar-refractivity contribution >= 4 is 51.2 Å². The average Bonchev–Trinajstić information content (AvgIpc) is 3.53. The number of nitrogens with one attached hydrogen (secondary N) is 2. The highest BCUT2D eigenvalue weighted by Gasteiger charge is 2.35. The molecule has 4 aromatic carbocycles. The lowest BCUT2D eigenvalue weighted by atomic mass is 10.0. The number of hydrogen-bond donors (Lipinski definition) is 2. The van der Waals surface area contributed by atoms with Crippen molar-refractivity contribution < 1.29 is 54.3 Å². The number of carbonyl (C=O) groups is 4. The molecule has 0 spiro atoms. The van der Waals surface area contributed by atoms with Crippen LogP contribution in [-0.4, -0.2) is 48.1 Å². The normalized spacial score (nSPS) is 12.3. The minimum atomic E-state index is -2.48. The molecule has 5 rings (SSSR count). The Balaban J connectivity index is 1.47. The zero-order chi connectivity index (χ0) is 37.1. The Kier molecular flexibility index (Phi) is 10.8. The van der Waals surface area contributed by atoms with Gasteiger partial charge in [0.05, 0.1) is 21.8 Å². The quantitative estimate of drug-likeness (QED) is 0.0755. The predicted molar refractivity (Wildman–Crippen MR) is 168 cm³/mol. The maximum atomic E-state index is 15.7. The minimum Gasteiger partial charge on any atom is -0.342 e. The van der Waals surface area contributed by atoms with Crippen LogP contribution in [0.25, 0.3) is 10.2 Å². The number of carbonyl (C=O) groups excluding carboxylic acids is 4. The Morgan fingerprint density at radius 2 is 1.25 bits per heavy atom. The van der Waals surface area contributed by atoms with E-state index in [1.807, 2.05) is 10.6 Å². The van der Waals surface area contributed by atoms with Crippen molar-refractivity contribution in [3.05, 3.63) is 129 Å². The first-order valence-electron chi connectivity index (χ1n) is 14.6. The topological polar surface area (TPSA) is 108 Å². The summed E-state index contributed by atoms with van der Waals surface area (Å²) in [7, 11) is 1.25. The molecule has 2 atom stereocenters. The molecule has 3 amide bonds. The van der Waals surface area contributed by atoms with Crippen LogP contribution in [0.2, 0.25) is 0 Å². The molecular weight excluding hydrogens is 712 g/mol. The number of nitrogens with zero attached hydrogens (tertiary/aromatic N) is 2. The number of fused-ring (bicyclic) bond motifs is 1. The van der Waals surface area contributed by atoms with Crippen LogP contribution in [0.1, 0.15) is 31.8 Å². The van der Waals surface area contributed by atoms with Crippen LogP contribution in [-0.2, 0) is 22.4 Å². The Morgan fingerprint density at radius 1 is 0.725 bits per heavy atom. The molecule has 1 aromatic heterocycles. The second-order valence-electron chi connectivity index (χ2n) is 11.1. The van der Waals surface area contributed by atoms with Gasteiger partial charge in [-0.1, -0.05) is 0 Å². The number of rotatable bonds is 11. The van der Waals surface area contributed by atoms with Gasteiger partial charge in [-0.3, -0.25) is 14.4 Å². The lowest BCUT2D eigenvalue weighted by Crippen LogP contribution is -2.49. The maximum Gasteiger partial charge on any atom is 0.258 e. The molecule has 0 unspecified atom stereocenters. The van der Waals surface area contributed by atoms with Crippen LogP contribution in [0.5, 0.6) is 0 Å². The molecule has 0 aliphatic heterocycles. The summed E-state index contributed by atoms with van der Waals surface area (Å²) >= 11 is 1.30. The fourth-order valence-electron chi connectivity index (χ4n) is 5.20. The Bertz CT molecular complexity index is 2160. The van der Waals surface area contributed by atoms with Gasteiger partial charge in [-0.15, -0.1) is 11.3 Å². The lowest BCUT2D eigenvalue weighted by molar-refractivity contribution is -0.120. The van der Waals surface area contributed by atoms with Crippen LogP contribution >= 0.6 is 11.3 Å². The van der Waals surface area contributed by atoms with E-state index in [0.717, 1.165) is 33.9 Å². The van der Waals surface area contributed by atoms with E-state index in [1.54, 1.807) is 11.6 Å². The Hall–Kier alpha value is -5.71. The van der Waals surface area contributed by atoms with Gasteiger partial charge in [-0.25, -0.2) is 40.1 Å². The number of aldehydes is 1. The number of likely N-dealkylation sites (N-methyl/N-ethyl adjacent to an activating group) is 1. The van der Waals surface area contributed by atoms with Crippen molar-refractivity contribution in [1.82, 2.24) is 15.6 Å². The number of benzene rings is 4. The summed E-state index contributed by atoms with van der Waals surface area (Å²) in [6, 6.07) is 5.38. The third-order valence-electron chi connectivity index (χ3n) is 7.57. The molecular formula is C34H22F8N4O4S. The van der Waals surface area contributed by atoms with Crippen molar-refractivity contribution in [2.75, 3.05) is 11.9 Å². The van der Waals surface area contributed by atoms with Gasteiger partial charge in [0.15, 0.2) is 23.3 Å². The molecule has 8 nitrogen and oxygen atoms in total. The van der Waals surface area contributed by atoms with Gasteiger partial charge < -0.3 is 20.3 Å². The molecule has 0 aliphatic rings. The smallest absolute Gasteiger partial charge is 0.258 e. The highest BCUT2D eigenvalue weighted by Crippen LogP contribution is 2.27. The first-order valence-corrected chi connectivity index (χ1v) is 15.5. The molecule has 51 heavy (non-hydrogen) atoms. The van der Waals surface area contributed by atoms with E-state index >= 15 is 8.78 Å². The van der Waals surface area contributed by atoms with E-state index in [2.05, 4.69) is 4.98 Å². The predicted octanol–water partition coefficient (Wildman–Crippen LogP) is 5.95. The van der Waals surface area contributed by atoms with Crippen LogP contribution in [0, 0.1) is 46.5 Å². The number of hydrogen-bond acceptors (Lipinski definition) is 6. The molecule has 1 heterocycles. The fraction of sp³-hybridized carbons (Fsp3) is 0.147. The summed E-state index contributed by atoms with van der Waals surface area (Å²) in [6.07, 6.45) is -1.24. The van der Waals surface area contributed by atoms with E-state index in [0.29, 0.717) is 17.6 Å². The monoisotopic (exact) mass is 734 g/mol. The van der Waals surface area contributed by atoms with E-state index in [9.17, 15) is 45.5 Å². The largest absolute Gasteiger partial charge is 0.342 e. The molecule has 0 bridgehead atoms. The zero-order valence-electron chi connectivity index (χ0n) is 25.9. The number of anilines is 1. The molecule has 0 fully saturated rings. The fourth-order valence-corrected chi connectivity index (χ4v) is 5.86. The van der Waals surface area contributed by atoms with Gasteiger partial charge in [0.1, 0.15) is 46.7 Å². The molecule has 0 aliphatic carbocycles. The van der Waals surface area contributed by atoms with Crippen molar-refractivity contribution in [2.24, 2.45) is 0 Å². The highest BCUT2D eigenvalue weighted by atomic mass is 32.1. The second-order valence-corrected chi connectivity index (χ2v) is 12.0. The number of aromatic nitrogens is 1. The van der Waals surface area contributed by atoms with Crippen molar-refractivity contribution in [3.8, 4) is 0 Å². The van der Waals surface area contributed by atoms with Gasteiger partial charge in [0.25, 0.3) is 11.8 Å². The summed E-state index contributed by atoms with van der Waals surface area (Å²) in [5.74, 6) is -18.4. The summed E-state index contributed by atoms with van der Waals surface area (Å²) in [4.78, 5) is 56.8. The van der Waals surface area contributed by atoms with Crippen LogP contribution in [0.15, 0.2) is 60.1 Å². The molecule has 0 saturated carbocycles. The van der Waals surface area contributed by atoms with E-state index in [1.165, 1.54) is 30.5 Å². The van der Waals surface area contributed by atoms with Crippen molar-refractivity contribution in [2.45, 2.75) is 24.9 Å². The third kappa shape index (κ3) is 8.03. The summed E-state index contributed by atoms with van der Waals surface area (Å²) in [5, 5.41) is 3.80. The van der Waals surface area contributed by atoms with Crippen LogP contribution < -0.4 is 15.5 Å². The van der Waals surface area contributed by atoms with Crippen LogP contribution in [0.4, 0.5) is 40.8 Å². The molecule has 2 N–H and O–H groups in total. The third-order valence-corrected chi connectivity index (χ3v) is 8.38. The Morgan fingerprint density at radius 3 is 1.80 bits per heavy atom. The molecule has 0 radical (unpaired) electrons. The summed E-state index contributed by atoms with van der Waals surface area (Å²) < 4.78 is 116. The molecule has 0 saturated heterocycles. The SMILES string of the molecule is CN(C(=O)[C@H](Cc1cc(F)cc(F)c1)NC(=O)c1c(F)c(F)c(F)c(C(=O)N[C@H](C=O)Cc2cc(F)cc(F)c2)c1F)c1ccc2scnc2c1. The maximum absolute atomic E-state index is 15.7. The van der Waals surface area contributed by atoms with E-state index in [-0.39, 0.29) is 23.1 Å². The summed E-state index contributed by atoms with van der Waals surface area (Å²) in [6.45, 7) is 0. The van der Waals surface area contributed by atoms with Gasteiger partial charge in [0.2, 0.25) is 5.91 Å². The highest BCUT2D eigenvalue weighted by molar-refractivity contribution is 7.16. The van der Waals surface area contributed by atoms with E-state index in [4.69, 9.17) is 0 Å². The second kappa shape index (κ2) is 15.0. The van der Waals surface area contributed by atoms with Gasteiger partial charge in [-0.05, 0) is 60.0 Å². The molecule has 5 aromatic rings. The van der Waals surface area contributed by atoms with Gasteiger partial charge >= 0.3 is 0 Å². The number of thiazole rings is 1. The Labute approximate surface area is 286 Å². The average molecular weight is 735 g/mol. The minimum absolute atomic E-state index is 0.0398. The van der Waals surface area contributed by atoms with E-state index < -0.39 is 100 Å². The number of amides is 3. The van der Waals surface area contributed by atoms with Gasteiger partial charge in [-0.2, -0.15) is 0 Å². The first kappa shape index (κ1) is 36.6. The molecule has 17 heteroatoms. The molecule has 264 valence electrons. The van der Waals surface area contributed by atoms with Gasteiger partial charge in [0, 0.05) is 31.3 Å². The number of halogens is 8. The zero-order valence-corrected chi connectivity index (χ0v) is 26.7. The standard InChI is InChI=1S/C34H22F8N4O4S/c1-46(22-2-3-25-23(12-22)43-14-51-25)34(50)24(9-16-6-19(37)11-20(38)7-16)45-33(49)27-28(39)26(29(40)31(42)30(27)41)32(48)44-21(13-47)8-15-4-17(35)10-18(36)5-15/h2-7,10-14,21,24H,8-9H2,1H3,(H,44,48)(H,45,49)/t21-,24-/m0/s1. The first-order chi connectivity index (χ1) is 24.2. The lowest BCUT2D eigenvalue weighted by Gasteiger charge is -2.25. The van der Waals surface area contributed by atoms with Crippen molar-refractivity contribution in [3.63, 3.8) is 0 Å². The van der Waals surface area contributed by atoms with Crippen LogP contribution in [0.3, 0.4) is 0 Å². The summed E-state index contributed by atoms with van der Waals surface area (Å²) in [5.41, 5.74) is -1.81. The van der Waals surface area contributed by atoms with Crippen molar-refractivity contribution in [1.29, 1.82) is 0 Å².